The van der Waals surface area contributed by atoms with E-state index in [1.165, 1.54) is 11.1 Å². The van der Waals surface area contributed by atoms with Gasteiger partial charge in [-0.15, -0.1) is 0 Å². The highest BCUT2D eigenvalue weighted by Gasteiger charge is 2.48. The third-order valence-corrected chi connectivity index (χ3v) is 5.48. The Morgan fingerprint density at radius 3 is 2.89 bits per heavy atom. The molecule has 0 unspecified atom stereocenters. The molecule has 0 saturated heterocycles. The first kappa shape index (κ1) is 12.7. The van der Waals surface area contributed by atoms with E-state index in [9.17, 15) is 9.90 Å². The summed E-state index contributed by atoms with van der Waals surface area (Å²) >= 11 is 0. The molecule has 0 amide bonds. The fraction of sp³-hybridized carbons (Fsp3) is 0.588. The molecule has 2 aliphatic rings. The van der Waals surface area contributed by atoms with Crippen molar-refractivity contribution in [1.82, 2.24) is 0 Å². The van der Waals surface area contributed by atoms with Crippen molar-refractivity contribution in [2.75, 3.05) is 0 Å². The predicted octanol–water partition coefficient (Wildman–Crippen LogP) is 3.60. The van der Waals surface area contributed by atoms with Gasteiger partial charge in [-0.05, 0) is 60.3 Å². The number of ketones is 1. The van der Waals surface area contributed by atoms with Gasteiger partial charge < -0.3 is 5.11 Å². The van der Waals surface area contributed by atoms with Crippen LogP contribution in [0.5, 0.6) is 5.75 Å². The number of hydrogen-bond donors (Lipinski definition) is 1. The number of carbonyl (C=O) groups excluding carboxylic acids is 1. The number of phenols is 1. The zero-order valence-corrected chi connectivity index (χ0v) is 11.8. The van der Waals surface area contributed by atoms with Crippen molar-refractivity contribution in [2.45, 2.75) is 51.4 Å². The van der Waals surface area contributed by atoms with Gasteiger partial charge in [0.25, 0.3) is 0 Å². The lowest BCUT2D eigenvalue weighted by Gasteiger charge is -2.49. The molecule has 1 N–H and O–H groups in total. The minimum Gasteiger partial charge on any atom is -0.508 e. The molecule has 1 saturated carbocycles. The van der Waals surface area contributed by atoms with Crippen LogP contribution in [0, 0.1) is 11.8 Å². The Morgan fingerprint density at radius 2 is 2.16 bits per heavy atom. The van der Waals surface area contributed by atoms with Crippen LogP contribution in [0.15, 0.2) is 18.2 Å². The summed E-state index contributed by atoms with van der Waals surface area (Å²) < 4.78 is 0. The van der Waals surface area contributed by atoms with Crippen molar-refractivity contribution < 1.29 is 9.90 Å². The van der Waals surface area contributed by atoms with Crippen LogP contribution < -0.4 is 0 Å². The van der Waals surface area contributed by atoms with Crippen LogP contribution >= 0.6 is 0 Å². The number of aromatic hydroxyl groups is 1. The second-order valence-electron chi connectivity index (χ2n) is 6.39. The smallest absolute Gasteiger partial charge is 0.136 e. The molecule has 1 aromatic rings. The molecular formula is C17H22O2. The fourth-order valence-corrected chi connectivity index (χ4v) is 4.44. The number of phenolic OH excluding ortho intramolecular Hbond substituents is 1. The van der Waals surface area contributed by atoms with Crippen LogP contribution in [0.1, 0.15) is 50.7 Å². The molecule has 19 heavy (non-hydrogen) atoms. The topological polar surface area (TPSA) is 37.3 Å². The first-order chi connectivity index (χ1) is 9.06. The summed E-state index contributed by atoms with van der Waals surface area (Å²) in [5.41, 5.74) is 2.77. The van der Waals surface area contributed by atoms with Gasteiger partial charge in [0.2, 0.25) is 0 Å². The third-order valence-electron chi connectivity index (χ3n) is 5.48. The number of fused-ring (bicyclic) bond motifs is 3. The summed E-state index contributed by atoms with van der Waals surface area (Å²) in [6.45, 7) is 4.46. The lowest BCUT2D eigenvalue weighted by molar-refractivity contribution is -0.129. The Kier molecular flexibility index (Phi) is 2.92. The van der Waals surface area contributed by atoms with Crippen molar-refractivity contribution in [3.63, 3.8) is 0 Å². The van der Waals surface area contributed by atoms with Gasteiger partial charge >= 0.3 is 0 Å². The Hall–Kier alpha value is -1.31. The Bertz CT molecular complexity index is 520. The lowest BCUT2D eigenvalue weighted by atomic mass is 9.54. The molecule has 0 radical (unpaired) electrons. The summed E-state index contributed by atoms with van der Waals surface area (Å²) in [5.74, 6) is 1.54. The van der Waals surface area contributed by atoms with E-state index in [0.717, 1.165) is 25.7 Å². The molecule has 2 aliphatic carbocycles. The molecule has 2 nitrogen and oxygen atoms in total. The largest absolute Gasteiger partial charge is 0.508 e. The van der Waals surface area contributed by atoms with E-state index >= 15 is 0 Å². The van der Waals surface area contributed by atoms with Crippen LogP contribution in [0.25, 0.3) is 0 Å². The second-order valence-corrected chi connectivity index (χ2v) is 6.39. The maximum Gasteiger partial charge on any atom is 0.136 e. The SMILES string of the molecule is CC[C@@H]1C(=O)CC[C@@]2(C)c3ccc(O)cc3CC[C@H]12. The van der Waals surface area contributed by atoms with E-state index in [0.29, 0.717) is 23.9 Å². The number of aryl methyl sites for hydroxylation is 1. The average Bonchev–Trinajstić information content (AvgIpc) is 2.39. The number of carbonyl (C=O) groups is 1. The Balaban J connectivity index is 2.07. The van der Waals surface area contributed by atoms with Gasteiger partial charge in [-0.1, -0.05) is 19.9 Å². The molecule has 0 aliphatic heterocycles. The van der Waals surface area contributed by atoms with E-state index in [4.69, 9.17) is 0 Å². The number of hydrogen-bond acceptors (Lipinski definition) is 2. The minimum atomic E-state index is 0.121. The molecule has 1 fully saturated rings. The summed E-state index contributed by atoms with van der Waals surface area (Å²) in [7, 11) is 0. The Morgan fingerprint density at radius 1 is 1.37 bits per heavy atom. The lowest BCUT2D eigenvalue weighted by Crippen LogP contribution is -2.47. The molecule has 102 valence electrons. The van der Waals surface area contributed by atoms with Crippen molar-refractivity contribution in [3.8, 4) is 5.75 Å². The highest BCUT2D eigenvalue weighted by molar-refractivity contribution is 5.83. The minimum absolute atomic E-state index is 0.121. The van der Waals surface area contributed by atoms with E-state index in [1.54, 1.807) is 6.07 Å². The third kappa shape index (κ3) is 1.80. The van der Waals surface area contributed by atoms with Crippen LogP contribution in [0.3, 0.4) is 0 Å². The molecule has 1 aromatic carbocycles. The Labute approximate surface area is 114 Å². The zero-order chi connectivity index (χ0) is 13.6. The highest BCUT2D eigenvalue weighted by atomic mass is 16.3. The normalized spacial score (nSPS) is 33.7. The summed E-state index contributed by atoms with van der Waals surface area (Å²) in [5, 5.41) is 9.65. The second kappa shape index (κ2) is 4.36. The van der Waals surface area contributed by atoms with Crippen molar-refractivity contribution in [3.05, 3.63) is 29.3 Å². The summed E-state index contributed by atoms with van der Waals surface area (Å²) in [6.07, 6.45) is 4.72. The van der Waals surface area contributed by atoms with Crippen LogP contribution in [0.2, 0.25) is 0 Å². The summed E-state index contributed by atoms with van der Waals surface area (Å²) in [6, 6.07) is 5.79. The molecule has 2 heteroatoms. The number of rotatable bonds is 1. The zero-order valence-electron chi connectivity index (χ0n) is 11.8. The number of benzene rings is 1. The van der Waals surface area contributed by atoms with Crippen LogP contribution in [0.4, 0.5) is 0 Å². The molecule has 0 aromatic heterocycles. The van der Waals surface area contributed by atoms with Gasteiger partial charge in [-0.25, -0.2) is 0 Å². The van der Waals surface area contributed by atoms with Gasteiger partial charge in [-0.3, -0.25) is 4.79 Å². The van der Waals surface area contributed by atoms with E-state index in [1.807, 2.05) is 6.07 Å². The first-order valence-electron chi connectivity index (χ1n) is 7.41. The fourth-order valence-electron chi connectivity index (χ4n) is 4.44. The van der Waals surface area contributed by atoms with Gasteiger partial charge in [0.1, 0.15) is 11.5 Å². The molecule has 3 atom stereocenters. The van der Waals surface area contributed by atoms with Crippen molar-refractivity contribution in [1.29, 1.82) is 0 Å². The van der Waals surface area contributed by atoms with Gasteiger partial charge in [-0.2, -0.15) is 0 Å². The predicted molar refractivity (Wildman–Crippen MR) is 75.3 cm³/mol. The van der Waals surface area contributed by atoms with Gasteiger partial charge in [0.05, 0.1) is 0 Å². The van der Waals surface area contributed by atoms with E-state index in [2.05, 4.69) is 19.9 Å². The maximum absolute atomic E-state index is 12.1. The van der Waals surface area contributed by atoms with Crippen LogP contribution in [-0.4, -0.2) is 10.9 Å². The van der Waals surface area contributed by atoms with Gasteiger partial charge in [0, 0.05) is 12.3 Å². The van der Waals surface area contributed by atoms with E-state index < -0.39 is 0 Å². The molecular weight excluding hydrogens is 236 g/mol. The van der Waals surface area contributed by atoms with Gasteiger partial charge in [0.15, 0.2) is 0 Å². The van der Waals surface area contributed by atoms with E-state index in [-0.39, 0.29) is 11.3 Å². The first-order valence-corrected chi connectivity index (χ1v) is 7.41. The molecule has 0 heterocycles. The quantitative estimate of drug-likeness (QED) is 0.835. The molecule has 3 rings (SSSR count). The standard InChI is InChI=1S/C17H22O2/c1-3-13-15-6-4-11-10-12(18)5-7-14(11)17(15,2)9-8-16(13)19/h5,7,10,13,15,18H,3-4,6,8-9H2,1-2H3/t13-,15+,17-/m0/s1. The van der Waals surface area contributed by atoms with Crippen molar-refractivity contribution in [2.24, 2.45) is 11.8 Å². The monoisotopic (exact) mass is 258 g/mol. The summed E-state index contributed by atoms with van der Waals surface area (Å²) in [4.78, 5) is 12.1. The van der Waals surface area contributed by atoms with Crippen molar-refractivity contribution >= 4 is 5.78 Å². The average molecular weight is 258 g/mol. The maximum atomic E-state index is 12.1. The molecule has 0 bridgehead atoms. The highest BCUT2D eigenvalue weighted by Crippen LogP contribution is 2.52. The molecule has 0 spiro atoms. The van der Waals surface area contributed by atoms with Crippen LogP contribution in [-0.2, 0) is 16.6 Å². The number of Topliss-reactive ketones (excluding diaryl/α,β-unsaturated/α-hetero) is 1.